The Hall–Kier alpha value is -2.36. The molecule has 0 saturated carbocycles. The molecule has 0 radical (unpaired) electrons. The molecule has 0 fully saturated rings. The summed E-state index contributed by atoms with van der Waals surface area (Å²) in [5.74, 6) is 0.343. The summed E-state index contributed by atoms with van der Waals surface area (Å²) in [6.45, 7) is 1.65. The van der Waals surface area contributed by atoms with E-state index in [2.05, 4.69) is 5.16 Å². The molecular weight excluding hydrogens is 230 g/mol. The van der Waals surface area contributed by atoms with Crippen molar-refractivity contribution in [2.45, 2.75) is 6.92 Å². The van der Waals surface area contributed by atoms with Crippen molar-refractivity contribution in [2.75, 3.05) is 6.61 Å². The average Bonchev–Trinajstić information content (AvgIpc) is 2.80. The van der Waals surface area contributed by atoms with Gasteiger partial charge in [-0.25, -0.2) is 4.79 Å². The van der Waals surface area contributed by atoms with Crippen molar-refractivity contribution in [1.82, 2.24) is 0 Å². The van der Waals surface area contributed by atoms with E-state index >= 15 is 0 Å². The largest absolute Gasteiger partial charge is 0.486 e. The van der Waals surface area contributed by atoms with Gasteiger partial charge >= 0.3 is 5.97 Å². The molecule has 0 unspecified atom stereocenters. The molecule has 2 aromatic carbocycles. The molecule has 2 aromatic rings. The maximum Gasteiger partial charge on any atom is 0.331 e. The maximum atomic E-state index is 10.8. The maximum absolute atomic E-state index is 10.8. The van der Waals surface area contributed by atoms with Crippen LogP contribution in [0.15, 0.2) is 41.6 Å². The zero-order chi connectivity index (χ0) is 12.5. The lowest BCUT2D eigenvalue weighted by molar-refractivity contribution is -0.140. The van der Waals surface area contributed by atoms with Crippen molar-refractivity contribution in [2.24, 2.45) is 5.16 Å². The lowest BCUT2D eigenvalue weighted by Gasteiger charge is -2.03. The summed E-state index contributed by atoms with van der Waals surface area (Å²) in [5, 5.41) is 6.02. The summed E-state index contributed by atoms with van der Waals surface area (Å²) < 4.78 is 5.53. The van der Waals surface area contributed by atoms with Crippen LogP contribution in [0, 0.1) is 0 Å². The Morgan fingerprint density at radius 1 is 1.28 bits per heavy atom. The fraction of sp³-hybridized carbons (Fsp3) is 0.143. The number of carbonyl (C=O) groups is 1. The number of benzene rings is 2. The fourth-order valence-corrected chi connectivity index (χ4v) is 2.08. The highest BCUT2D eigenvalue weighted by molar-refractivity contribution is 6.15. The number of fused-ring (bicyclic) bond motifs is 3. The summed E-state index contributed by atoms with van der Waals surface area (Å²) in [6, 6.07) is 11.9. The molecule has 0 saturated heterocycles. The van der Waals surface area contributed by atoms with Crippen LogP contribution in [0.1, 0.15) is 12.5 Å². The van der Waals surface area contributed by atoms with Crippen molar-refractivity contribution in [3.05, 3.63) is 42.0 Å². The van der Waals surface area contributed by atoms with Gasteiger partial charge in [0.25, 0.3) is 0 Å². The Morgan fingerprint density at radius 2 is 2.11 bits per heavy atom. The highest BCUT2D eigenvalue weighted by Crippen LogP contribution is 2.32. The predicted molar refractivity (Wildman–Crippen MR) is 67.7 cm³/mol. The first-order chi connectivity index (χ1) is 8.75. The van der Waals surface area contributed by atoms with E-state index in [1.807, 2.05) is 36.4 Å². The molecule has 4 nitrogen and oxygen atoms in total. The van der Waals surface area contributed by atoms with Crippen LogP contribution < -0.4 is 4.74 Å². The fourth-order valence-electron chi connectivity index (χ4n) is 2.08. The van der Waals surface area contributed by atoms with Crippen LogP contribution in [-0.4, -0.2) is 18.3 Å². The molecule has 18 heavy (non-hydrogen) atoms. The lowest BCUT2D eigenvalue weighted by Crippen LogP contribution is -2.05. The first kappa shape index (κ1) is 10.8. The second kappa shape index (κ2) is 4.14. The SMILES string of the molecule is CC(=O)ON=C1COc2ccc3ccccc3c21. The molecule has 0 N–H and O–H groups in total. The van der Waals surface area contributed by atoms with Crippen LogP contribution in [0.3, 0.4) is 0 Å². The predicted octanol–water partition coefficient (Wildman–Crippen LogP) is 2.50. The normalized spacial score (nSPS) is 15.5. The summed E-state index contributed by atoms with van der Waals surface area (Å²) in [5.41, 5.74) is 1.56. The van der Waals surface area contributed by atoms with Gasteiger partial charge in [0.05, 0.1) is 5.56 Å². The Morgan fingerprint density at radius 3 is 2.94 bits per heavy atom. The third kappa shape index (κ3) is 1.72. The summed E-state index contributed by atoms with van der Waals surface area (Å²) in [7, 11) is 0. The van der Waals surface area contributed by atoms with Gasteiger partial charge in [-0.15, -0.1) is 0 Å². The molecule has 90 valence electrons. The minimum Gasteiger partial charge on any atom is -0.486 e. The lowest BCUT2D eigenvalue weighted by atomic mass is 10.0. The third-order valence-corrected chi connectivity index (χ3v) is 2.83. The van der Waals surface area contributed by atoms with Gasteiger partial charge < -0.3 is 9.57 Å². The van der Waals surface area contributed by atoms with Crippen LogP contribution in [0.4, 0.5) is 0 Å². The molecule has 1 aliphatic heterocycles. The van der Waals surface area contributed by atoms with Gasteiger partial charge in [0.15, 0.2) is 0 Å². The van der Waals surface area contributed by atoms with E-state index in [0.717, 1.165) is 22.1 Å². The zero-order valence-electron chi connectivity index (χ0n) is 9.84. The van der Waals surface area contributed by atoms with Crippen LogP contribution in [0.2, 0.25) is 0 Å². The number of nitrogens with zero attached hydrogens (tertiary/aromatic N) is 1. The molecule has 4 heteroatoms. The van der Waals surface area contributed by atoms with Gasteiger partial charge in [-0.3, -0.25) is 0 Å². The number of oxime groups is 1. The van der Waals surface area contributed by atoms with E-state index in [1.165, 1.54) is 6.92 Å². The average molecular weight is 241 g/mol. The van der Waals surface area contributed by atoms with Gasteiger partial charge in [-0.1, -0.05) is 35.5 Å². The van der Waals surface area contributed by atoms with E-state index in [1.54, 1.807) is 0 Å². The van der Waals surface area contributed by atoms with Crippen LogP contribution >= 0.6 is 0 Å². The second-order valence-electron chi connectivity index (χ2n) is 4.07. The van der Waals surface area contributed by atoms with Crippen LogP contribution in [0.5, 0.6) is 5.75 Å². The molecular formula is C14H11NO3. The quantitative estimate of drug-likeness (QED) is 0.569. The van der Waals surface area contributed by atoms with Gasteiger partial charge in [-0.2, -0.15) is 0 Å². The monoisotopic (exact) mass is 241 g/mol. The molecule has 3 rings (SSSR count). The topological polar surface area (TPSA) is 47.9 Å². The standard InChI is InChI=1S/C14H11NO3/c1-9(16)18-15-12-8-17-13-7-6-10-4-2-3-5-11(10)14(12)13/h2-7H,8H2,1H3. The van der Waals surface area contributed by atoms with Gasteiger partial charge in [0.2, 0.25) is 0 Å². The zero-order valence-corrected chi connectivity index (χ0v) is 9.84. The molecule has 1 aliphatic rings. The number of rotatable bonds is 1. The number of hydrogen-bond donors (Lipinski definition) is 0. The highest BCUT2D eigenvalue weighted by atomic mass is 16.7. The number of ether oxygens (including phenoxy) is 1. The Kier molecular flexibility index (Phi) is 2.48. The first-order valence-electron chi connectivity index (χ1n) is 5.65. The second-order valence-corrected chi connectivity index (χ2v) is 4.07. The smallest absolute Gasteiger partial charge is 0.331 e. The minimum absolute atomic E-state index is 0.330. The highest BCUT2D eigenvalue weighted by Gasteiger charge is 2.22. The van der Waals surface area contributed by atoms with E-state index in [-0.39, 0.29) is 0 Å². The molecule has 0 amide bonds. The van der Waals surface area contributed by atoms with Crippen molar-refractivity contribution in [3.8, 4) is 5.75 Å². The van der Waals surface area contributed by atoms with Gasteiger partial charge in [0, 0.05) is 6.92 Å². The Balaban J connectivity index is 2.16. The van der Waals surface area contributed by atoms with Crippen molar-refractivity contribution in [1.29, 1.82) is 0 Å². The summed E-state index contributed by atoms with van der Waals surface area (Å²) >= 11 is 0. The number of hydrogen-bond acceptors (Lipinski definition) is 4. The molecule has 1 heterocycles. The Labute approximate surface area is 104 Å². The minimum atomic E-state index is -0.434. The van der Waals surface area contributed by atoms with Crippen molar-refractivity contribution in [3.63, 3.8) is 0 Å². The van der Waals surface area contributed by atoms with Crippen LogP contribution in [0.25, 0.3) is 10.8 Å². The summed E-state index contributed by atoms with van der Waals surface area (Å²) in [6.07, 6.45) is 0. The molecule has 0 bridgehead atoms. The van der Waals surface area contributed by atoms with Crippen molar-refractivity contribution >= 4 is 22.5 Å². The van der Waals surface area contributed by atoms with Gasteiger partial charge in [0.1, 0.15) is 18.1 Å². The number of carbonyl (C=O) groups excluding carboxylic acids is 1. The van der Waals surface area contributed by atoms with Crippen molar-refractivity contribution < 1.29 is 14.4 Å². The molecule has 0 spiro atoms. The van der Waals surface area contributed by atoms with Gasteiger partial charge in [-0.05, 0) is 16.8 Å². The van der Waals surface area contributed by atoms with E-state index in [0.29, 0.717) is 12.3 Å². The Bertz CT molecular complexity index is 661. The van der Waals surface area contributed by atoms with E-state index in [4.69, 9.17) is 9.57 Å². The first-order valence-corrected chi connectivity index (χ1v) is 5.65. The molecule has 0 aromatic heterocycles. The third-order valence-electron chi connectivity index (χ3n) is 2.83. The molecule has 0 aliphatic carbocycles. The van der Waals surface area contributed by atoms with E-state index < -0.39 is 5.97 Å². The van der Waals surface area contributed by atoms with Crippen LogP contribution in [-0.2, 0) is 9.63 Å². The molecule has 0 atom stereocenters. The van der Waals surface area contributed by atoms with E-state index in [9.17, 15) is 4.79 Å². The summed E-state index contributed by atoms with van der Waals surface area (Å²) in [4.78, 5) is 15.5.